The predicted molar refractivity (Wildman–Crippen MR) is 347 cm³/mol. The van der Waals surface area contributed by atoms with E-state index in [1.807, 2.05) is 6.08 Å². The second-order valence-electron chi connectivity index (χ2n) is 24.9. The van der Waals surface area contributed by atoms with Gasteiger partial charge in [0.15, 0.2) is 0 Å². The van der Waals surface area contributed by atoms with Gasteiger partial charge in [0.2, 0.25) is 5.91 Å². The first kappa shape index (κ1) is 77.3. The largest absolute Gasteiger partial charge is 0.466 e. The van der Waals surface area contributed by atoms with E-state index in [1.54, 1.807) is 6.08 Å². The lowest BCUT2D eigenvalue weighted by molar-refractivity contribution is -0.143. The molecular formula is C73H141NO5. The molecule has 0 radical (unpaired) electrons. The standard InChI is InChI=1S/C73H141NO5/c1-3-5-7-9-11-13-15-17-19-21-22-23-27-30-34-37-41-45-49-53-57-61-65-71(76)70(69-75)74-72(77)66-62-58-54-50-46-42-38-35-31-28-25-24-26-29-32-36-40-44-48-52-56-60-64-68-79-73(78)67-63-59-55-51-47-43-39-33-20-18-16-14-12-10-8-6-4-2/h28,31,61,65,70-71,75-76H,3-27,29-30,32-60,62-64,66-69H2,1-2H3,(H,74,77)/b31-28-,65-61+. The quantitative estimate of drug-likeness (QED) is 0.0320. The van der Waals surface area contributed by atoms with Gasteiger partial charge in [0.05, 0.1) is 25.4 Å². The molecule has 0 heterocycles. The third-order valence-corrected chi connectivity index (χ3v) is 17.0. The van der Waals surface area contributed by atoms with Crippen LogP contribution in [0, 0.1) is 0 Å². The van der Waals surface area contributed by atoms with Crippen LogP contribution in [-0.4, -0.2) is 47.4 Å². The van der Waals surface area contributed by atoms with Crippen molar-refractivity contribution in [1.82, 2.24) is 5.32 Å². The summed E-state index contributed by atoms with van der Waals surface area (Å²) in [5.41, 5.74) is 0. The van der Waals surface area contributed by atoms with E-state index in [2.05, 4.69) is 31.3 Å². The molecule has 0 bridgehead atoms. The van der Waals surface area contributed by atoms with Crippen LogP contribution in [0.5, 0.6) is 0 Å². The number of hydrogen-bond acceptors (Lipinski definition) is 5. The lowest BCUT2D eigenvalue weighted by Gasteiger charge is -2.20. The van der Waals surface area contributed by atoms with Crippen LogP contribution in [-0.2, 0) is 14.3 Å². The fourth-order valence-corrected chi connectivity index (χ4v) is 11.5. The van der Waals surface area contributed by atoms with Gasteiger partial charge in [-0.25, -0.2) is 0 Å². The van der Waals surface area contributed by atoms with Crippen LogP contribution >= 0.6 is 0 Å². The topological polar surface area (TPSA) is 95.9 Å². The maximum absolute atomic E-state index is 12.5. The molecule has 0 spiro atoms. The number of ether oxygens (including phenoxy) is 1. The maximum Gasteiger partial charge on any atom is 0.305 e. The lowest BCUT2D eigenvalue weighted by atomic mass is 10.0. The number of carbonyl (C=O) groups excluding carboxylic acids is 2. The Balaban J connectivity index is 3.42. The number of nitrogens with one attached hydrogen (secondary N) is 1. The molecule has 79 heavy (non-hydrogen) atoms. The molecule has 0 rings (SSSR count). The van der Waals surface area contributed by atoms with Crippen molar-refractivity contribution in [2.75, 3.05) is 13.2 Å². The molecule has 0 aromatic carbocycles. The molecular weight excluding hydrogens is 971 g/mol. The number of carbonyl (C=O) groups is 2. The Morgan fingerprint density at radius 1 is 0.342 bits per heavy atom. The maximum atomic E-state index is 12.5. The molecule has 2 atom stereocenters. The minimum Gasteiger partial charge on any atom is -0.466 e. The van der Waals surface area contributed by atoms with Gasteiger partial charge < -0.3 is 20.3 Å². The Kier molecular flexibility index (Phi) is 67.4. The second kappa shape index (κ2) is 68.8. The molecule has 0 aromatic rings. The summed E-state index contributed by atoms with van der Waals surface area (Å²) in [6.07, 6.45) is 86.9. The molecule has 0 aromatic heterocycles. The summed E-state index contributed by atoms with van der Waals surface area (Å²) in [6.45, 7) is 4.95. The summed E-state index contributed by atoms with van der Waals surface area (Å²) in [6, 6.07) is -0.633. The van der Waals surface area contributed by atoms with Crippen LogP contribution in [0.2, 0.25) is 0 Å². The zero-order valence-corrected chi connectivity index (χ0v) is 53.6. The fourth-order valence-electron chi connectivity index (χ4n) is 11.5. The van der Waals surface area contributed by atoms with Gasteiger partial charge in [-0.3, -0.25) is 9.59 Å². The summed E-state index contributed by atoms with van der Waals surface area (Å²) in [4.78, 5) is 24.6. The Morgan fingerprint density at radius 3 is 0.899 bits per heavy atom. The van der Waals surface area contributed by atoms with Gasteiger partial charge in [0.25, 0.3) is 0 Å². The van der Waals surface area contributed by atoms with Gasteiger partial charge >= 0.3 is 5.97 Å². The first-order valence-electron chi connectivity index (χ1n) is 36.1. The van der Waals surface area contributed by atoms with Crippen molar-refractivity contribution in [3.8, 4) is 0 Å². The monoisotopic (exact) mass is 1110 g/mol. The van der Waals surface area contributed by atoms with Gasteiger partial charge in [-0.05, 0) is 57.8 Å². The highest BCUT2D eigenvalue weighted by Gasteiger charge is 2.18. The highest BCUT2D eigenvalue weighted by Crippen LogP contribution is 2.19. The third kappa shape index (κ3) is 65.4. The SMILES string of the molecule is CCCCCCCCCCCCCCCCCCCCCC/C=C/C(O)C(CO)NC(=O)CCCCCCCCC/C=C\CCCCCCCCCCCCCCOC(=O)CCCCCCCCCCCCCCCCCCC. The molecule has 1 amide bonds. The smallest absolute Gasteiger partial charge is 0.305 e. The van der Waals surface area contributed by atoms with Crippen molar-refractivity contribution in [3.05, 3.63) is 24.3 Å². The van der Waals surface area contributed by atoms with Gasteiger partial charge in [-0.15, -0.1) is 0 Å². The zero-order chi connectivity index (χ0) is 57.1. The van der Waals surface area contributed by atoms with Crippen molar-refractivity contribution in [1.29, 1.82) is 0 Å². The van der Waals surface area contributed by atoms with E-state index in [0.29, 0.717) is 19.4 Å². The van der Waals surface area contributed by atoms with Crippen LogP contribution in [0.15, 0.2) is 24.3 Å². The molecule has 3 N–H and O–H groups in total. The molecule has 0 saturated heterocycles. The van der Waals surface area contributed by atoms with Crippen LogP contribution < -0.4 is 5.32 Å². The third-order valence-electron chi connectivity index (χ3n) is 17.0. The first-order valence-corrected chi connectivity index (χ1v) is 36.1. The van der Waals surface area contributed by atoms with Gasteiger partial charge in [-0.1, -0.05) is 359 Å². The number of rotatable bonds is 68. The van der Waals surface area contributed by atoms with E-state index in [-0.39, 0.29) is 18.5 Å². The highest BCUT2D eigenvalue weighted by atomic mass is 16.5. The van der Waals surface area contributed by atoms with E-state index >= 15 is 0 Å². The van der Waals surface area contributed by atoms with E-state index in [4.69, 9.17) is 4.74 Å². The molecule has 0 aliphatic heterocycles. The van der Waals surface area contributed by atoms with Crippen molar-refractivity contribution in [2.24, 2.45) is 0 Å². The normalized spacial score (nSPS) is 12.6. The van der Waals surface area contributed by atoms with Crippen LogP contribution in [0.25, 0.3) is 0 Å². The van der Waals surface area contributed by atoms with E-state index < -0.39 is 12.1 Å². The van der Waals surface area contributed by atoms with E-state index in [0.717, 1.165) is 44.9 Å². The van der Waals surface area contributed by atoms with Gasteiger partial charge in [-0.2, -0.15) is 0 Å². The lowest BCUT2D eigenvalue weighted by Crippen LogP contribution is -2.45. The first-order chi connectivity index (χ1) is 39.0. The Labute approximate surface area is 494 Å². The summed E-state index contributed by atoms with van der Waals surface area (Å²) < 4.78 is 5.50. The number of amides is 1. The predicted octanol–water partition coefficient (Wildman–Crippen LogP) is 23.3. The second-order valence-corrected chi connectivity index (χ2v) is 24.9. The minimum absolute atomic E-state index is 0.0159. The van der Waals surface area contributed by atoms with Gasteiger partial charge in [0, 0.05) is 12.8 Å². The number of aliphatic hydroxyl groups is 2. The molecule has 0 aliphatic rings. The number of hydrogen-bond donors (Lipinski definition) is 3. The molecule has 0 aliphatic carbocycles. The molecule has 0 fully saturated rings. The van der Waals surface area contributed by atoms with Crippen molar-refractivity contribution in [3.63, 3.8) is 0 Å². The average molecular weight is 1110 g/mol. The van der Waals surface area contributed by atoms with Crippen LogP contribution in [0.4, 0.5) is 0 Å². The Hall–Kier alpha value is -1.66. The van der Waals surface area contributed by atoms with Crippen LogP contribution in [0.1, 0.15) is 406 Å². The number of unbranched alkanes of at least 4 members (excludes halogenated alkanes) is 55. The average Bonchev–Trinajstić information content (AvgIpc) is 3.45. The fraction of sp³-hybridized carbons (Fsp3) is 0.918. The Bertz CT molecular complexity index is 1230. The minimum atomic E-state index is -0.849. The number of aliphatic hydroxyl groups excluding tert-OH is 2. The number of esters is 1. The van der Waals surface area contributed by atoms with Crippen molar-refractivity contribution >= 4 is 11.9 Å². The Morgan fingerprint density at radius 2 is 0.595 bits per heavy atom. The van der Waals surface area contributed by atoms with E-state index in [1.165, 1.54) is 334 Å². The molecule has 6 nitrogen and oxygen atoms in total. The van der Waals surface area contributed by atoms with Crippen molar-refractivity contribution in [2.45, 2.75) is 418 Å². The van der Waals surface area contributed by atoms with Gasteiger partial charge in [0.1, 0.15) is 0 Å². The van der Waals surface area contributed by atoms with Crippen molar-refractivity contribution < 1.29 is 24.5 Å². The highest BCUT2D eigenvalue weighted by molar-refractivity contribution is 5.76. The summed E-state index contributed by atoms with van der Waals surface area (Å²) in [7, 11) is 0. The summed E-state index contributed by atoms with van der Waals surface area (Å²) >= 11 is 0. The van der Waals surface area contributed by atoms with Crippen LogP contribution in [0.3, 0.4) is 0 Å². The summed E-state index contributed by atoms with van der Waals surface area (Å²) in [5.74, 6) is -0.0541. The molecule has 6 heteroatoms. The molecule has 468 valence electrons. The molecule has 2 unspecified atom stereocenters. The van der Waals surface area contributed by atoms with E-state index in [9.17, 15) is 19.8 Å². The molecule has 0 saturated carbocycles. The zero-order valence-electron chi connectivity index (χ0n) is 53.6. The number of allylic oxidation sites excluding steroid dienone is 3. The summed E-state index contributed by atoms with van der Waals surface area (Å²) in [5, 5.41) is 23.3.